The molecule has 7 heteroatoms. The molecule has 2 rings (SSSR count). The molecule has 0 unspecified atom stereocenters. The molecule has 0 radical (unpaired) electrons. The lowest BCUT2D eigenvalue weighted by Gasteiger charge is -2.15. The van der Waals surface area contributed by atoms with Crippen LogP contribution in [0.3, 0.4) is 0 Å². The number of ether oxygens (including phenoxy) is 3. The van der Waals surface area contributed by atoms with Crippen molar-refractivity contribution in [2.75, 3.05) is 19.0 Å². The normalized spacial score (nSPS) is 11.4. The molecule has 0 aliphatic heterocycles. The van der Waals surface area contributed by atoms with Crippen LogP contribution >= 0.6 is 11.6 Å². The Labute approximate surface area is 163 Å². The van der Waals surface area contributed by atoms with Crippen LogP contribution in [-0.4, -0.2) is 31.7 Å². The summed E-state index contributed by atoms with van der Waals surface area (Å²) in [6.45, 7) is 5.66. The van der Waals surface area contributed by atoms with Crippen LogP contribution in [-0.2, 0) is 9.53 Å². The number of carbonyl (C=O) groups excluding carboxylic acids is 2. The van der Waals surface area contributed by atoms with Gasteiger partial charge in [0.2, 0.25) is 0 Å². The van der Waals surface area contributed by atoms with Gasteiger partial charge in [-0.3, -0.25) is 4.79 Å². The molecule has 0 aliphatic rings. The van der Waals surface area contributed by atoms with Gasteiger partial charge in [0, 0.05) is 5.69 Å². The van der Waals surface area contributed by atoms with Gasteiger partial charge in [0.1, 0.15) is 0 Å². The first-order valence-electron chi connectivity index (χ1n) is 8.44. The summed E-state index contributed by atoms with van der Waals surface area (Å²) in [5.41, 5.74) is 1.86. The summed E-state index contributed by atoms with van der Waals surface area (Å²) in [5.74, 6) is -0.461. The quantitative estimate of drug-likeness (QED) is 0.714. The molecule has 1 N–H and O–H groups in total. The van der Waals surface area contributed by atoms with Gasteiger partial charge in [-0.25, -0.2) is 4.79 Å². The molecule has 0 aliphatic carbocycles. The zero-order valence-corrected chi connectivity index (χ0v) is 16.4. The van der Waals surface area contributed by atoms with E-state index in [1.165, 1.54) is 26.2 Å². The summed E-state index contributed by atoms with van der Waals surface area (Å²) in [6, 6.07) is 10.2. The monoisotopic (exact) mass is 391 g/mol. The zero-order valence-electron chi connectivity index (χ0n) is 15.7. The number of carbonyl (C=O) groups is 2. The van der Waals surface area contributed by atoms with Crippen LogP contribution in [0.4, 0.5) is 5.69 Å². The van der Waals surface area contributed by atoms with E-state index in [2.05, 4.69) is 5.32 Å². The largest absolute Gasteiger partial charge is 0.493 e. The Morgan fingerprint density at radius 1 is 1.19 bits per heavy atom. The molecule has 1 amide bonds. The summed E-state index contributed by atoms with van der Waals surface area (Å²) in [5, 5.41) is 2.92. The van der Waals surface area contributed by atoms with Crippen molar-refractivity contribution in [3.8, 4) is 11.5 Å². The molecule has 2 aromatic carbocycles. The highest BCUT2D eigenvalue weighted by Gasteiger charge is 2.22. The zero-order chi connectivity index (χ0) is 20.0. The SMILES string of the molecule is CCOc1c(Cl)cc(C(=O)O[C@H](C)C(=O)Nc2ccc(C)cc2)cc1OC. The minimum absolute atomic E-state index is 0.162. The van der Waals surface area contributed by atoms with Crippen molar-refractivity contribution < 1.29 is 23.8 Å². The second kappa shape index (κ2) is 9.28. The van der Waals surface area contributed by atoms with Gasteiger partial charge in [0.15, 0.2) is 17.6 Å². The molecule has 0 aromatic heterocycles. The summed E-state index contributed by atoms with van der Waals surface area (Å²) in [4.78, 5) is 24.6. The lowest BCUT2D eigenvalue weighted by atomic mass is 10.2. The fourth-order valence-electron chi connectivity index (χ4n) is 2.29. The van der Waals surface area contributed by atoms with Gasteiger partial charge in [-0.2, -0.15) is 0 Å². The van der Waals surface area contributed by atoms with Crippen molar-refractivity contribution >= 4 is 29.2 Å². The van der Waals surface area contributed by atoms with E-state index >= 15 is 0 Å². The molecule has 2 aromatic rings. The van der Waals surface area contributed by atoms with Crippen LogP contribution in [0.5, 0.6) is 11.5 Å². The van der Waals surface area contributed by atoms with Crippen molar-refractivity contribution in [2.45, 2.75) is 26.9 Å². The third kappa shape index (κ3) is 5.37. The van der Waals surface area contributed by atoms with Crippen molar-refractivity contribution in [1.29, 1.82) is 0 Å². The highest BCUT2D eigenvalue weighted by Crippen LogP contribution is 2.36. The first-order chi connectivity index (χ1) is 12.8. The number of halogens is 1. The number of nitrogens with one attached hydrogen (secondary N) is 1. The van der Waals surface area contributed by atoms with Crippen LogP contribution in [0.2, 0.25) is 5.02 Å². The summed E-state index contributed by atoms with van der Waals surface area (Å²) in [7, 11) is 1.45. The average Bonchev–Trinajstić information content (AvgIpc) is 2.64. The number of hydrogen-bond donors (Lipinski definition) is 1. The van der Waals surface area contributed by atoms with Gasteiger partial charge in [-0.1, -0.05) is 29.3 Å². The van der Waals surface area contributed by atoms with E-state index in [1.807, 2.05) is 26.0 Å². The van der Waals surface area contributed by atoms with Crippen molar-refractivity contribution in [1.82, 2.24) is 0 Å². The maximum absolute atomic E-state index is 12.4. The van der Waals surface area contributed by atoms with Gasteiger partial charge < -0.3 is 19.5 Å². The van der Waals surface area contributed by atoms with Gasteiger partial charge in [0.25, 0.3) is 5.91 Å². The molecule has 6 nitrogen and oxygen atoms in total. The first-order valence-corrected chi connectivity index (χ1v) is 8.82. The fraction of sp³-hybridized carbons (Fsp3) is 0.300. The van der Waals surface area contributed by atoms with E-state index in [9.17, 15) is 9.59 Å². The third-order valence-corrected chi connectivity index (χ3v) is 4.01. The number of esters is 1. The van der Waals surface area contributed by atoms with Crippen LogP contribution in [0.15, 0.2) is 36.4 Å². The number of amides is 1. The number of benzene rings is 2. The Morgan fingerprint density at radius 2 is 1.85 bits per heavy atom. The fourth-order valence-corrected chi connectivity index (χ4v) is 2.55. The number of anilines is 1. The predicted octanol–water partition coefficient (Wildman–Crippen LogP) is 4.24. The van der Waals surface area contributed by atoms with Crippen LogP contribution < -0.4 is 14.8 Å². The minimum atomic E-state index is -0.991. The maximum atomic E-state index is 12.4. The standard InChI is InChI=1S/C20H22ClNO5/c1-5-26-18-16(21)10-14(11-17(18)25-4)20(24)27-13(3)19(23)22-15-8-6-12(2)7-9-15/h6-11,13H,5H2,1-4H3,(H,22,23)/t13-/m1/s1. The molecular formula is C20H22ClNO5. The Morgan fingerprint density at radius 3 is 2.44 bits per heavy atom. The molecule has 0 saturated heterocycles. The maximum Gasteiger partial charge on any atom is 0.339 e. The molecule has 0 spiro atoms. The highest BCUT2D eigenvalue weighted by molar-refractivity contribution is 6.32. The van der Waals surface area contributed by atoms with Crippen LogP contribution in [0.1, 0.15) is 29.8 Å². The van der Waals surface area contributed by atoms with E-state index in [1.54, 1.807) is 12.1 Å². The van der Waals surface area contributed by atoms with Crippen molar-refractivity contribution in [3.05, 3.63) is 52.5 Å². The minimum Gasteiger partial charge on any atom is -0.493 e. The van der Waals surface area contributed by atoms with E-state index in [0.717, 1.165) is 5.56 Å². The Kier molecular flexibility index (Phi) is 7.07. The molecule has 1 atom stereocenters. The third-order valence-electron chi connectivity index (χ3n) is 3.73. The van der Waals surface area contributed by atoms with Crippen LogP contribution in [0.25, 0.3) is 0 Å². The van der Waals surface area contributed by atoms with Gasteiger partial charge in [-0.15, -0.1) is 0 Å². The highest BCUT2D eigenvalue weighted by atomic mass is 35.5. The van der Waals surface area contributed by atoms with Crippen molar-refractivity contribution in [2.24, 2.45) is 0 Å². The summed E-state index contributed by atoms with van der Waals surface area (Å²) < 4.78 is 15.9. The molecule has 0 saturated carbocycles. The van der Waals surface area contributed by atoms with E-state index in [-0.39, 0.29) is 10.6 Å². The molecule has 0 heterocycles. The molecular weight excluding hydrogens is 370 g/mol. The Balaban J connectivity index is 2.08. The van der Waals surface area contributed by atoms with Gasteiger partial charge >= 0.3 is 5.97 Å². The van der Waals surface area contributed by atoms with Crippen LogP contribution in [0, 0.1) is 6.92 Å². The Hall–Kier alpha value is -2.73. The number of rotatable bonds is 7. The number of hydrogen-bond acceptors (Lipinski definition) is 5. The number of aryl methyl sites for hydroxylation is 1. The molecule has 0 fully saturated rings. The Bertz CT molecular complexity index is 820. The lowest BCUT2D eigenvalue weighted by Crippen LogP contribution is -2.30. The van der Waals surface area contributed by atoms with Gasteiger partial charge in [-0.05, 0) is 45.0 Å². The topological polar surface area (TPSA) is 73.9 Å². The molecule has 144 valence electrons. The first kappa shape index (κ1) is 20.6. The summed E-state index contributed by atoms with van der Waals surface area (Å²) in [6.07, 6.45) is -0.991. The second-order valence-electron chi connectivity index (χ2n) is 5.83. The summed E-state index contributed by atoms with van der Waals surface area (Å²) >= 11 is 6.16. The second-order valence-corrected chi connectivity index (χ2v) is 6.23. The number of methoxy groups -OCH3 is 1. The smallest absolute Gasteiger partial charge is 0.339 e. The average molecular weight is 392 g/mol. The van der Waals surface area contributed by atoms with Crippen molar-refractivity contribution in [3.63, 3.8) is 0 Å². The van der Waals surface area contributed by atoms with Gasteiger partial charge in [0.05, 0.1) is 24.3 Å². The molecule has 0 bridgehead atoms. The van der Waals surface area contributed by atoms with E-state index < -0.39 is 18.0 Å². The molecule has 27 heavy (non-hydrogen) atoms. The van der Waals surface area contributed by atoms with E-state index in [4.69, 9.17) is 25.8 Å². The lowest BCUT2D eigenvalue weighted by molar-refractivity contribution is -0.123. The van der Waals surface area contributed by atoms with E-state index in [0.29, 0.717) is 23.8 Å². The predicted molar refractivity (Wildman–Crippen MR) is 104 cm³/mol.